The number of quaternary nitrogens is 2. The first-order valence-electron chi connectivity index (χ1n) is 7.32. The molecule has 0 aliphatic heterocycles. The molecule has 0 aliphatic carbocycles. The SMILES string of the molecule is COc1cc(C[NH2+]CCC[NH+](C)C)cc(Cl)c1OCC(N)=O. The summed E-state index contributed by atoms with van der Waals surface area (Å²) in [5, 5.41) is 2.65. The maximum absolute atomic E-state index is 10.8. The normalized spacial score (nSPS) is 10.8. The Morgan fingerprint density at radius 3 is 2.73 bits per heavy atom. The number of primary amides is 1. The summed E-state index contributed by atoms with van der Waals surface area (Å²) in [7, 11) is 5.83. The minimum Gasteiger partial charge on any atom is -0.493 e. The maximum atomic E-state index is 10.8. The van der Waals surface area contributed by atoms with Crippen LogP contribution in [0, 0.1) is 0 Å². The van der Waals surface area contributed by atoms with Crippen molar-refractivity contribution in [3.8, 4) is 11.5 Å². The van der Waals surface area contributed by atoms with E-state index in [1.807, 2.05) is 12.1 Å². The molecular formula is C15H26ClN3O3+2. The number of nitrogens with one attached hydrogen (secondary N) is 1. The first-order valence-corrected chi connectivity index (χ1v) is 7.70. The van der Waals surface area contributed by atoms with Gasteiger partial charge in [-0.3, -0.25) is 4.79 Å². The third-order valence-electron chi connectivity index (χ3n) is 3.11. The van der Waals surface area contributed by atoms with E-state index in [4.69, 9.17) is 26.8 Å². The zero-order valence-electron chi connectivity index (χ0n) is 13.4. The molecule has 1 rings (SSSR count). The first kappa shape index (κ1) is 18.5. The Morgan fingerprint density at radius 1 is 1.41 bits per heavy atom. The molecule has 1 aromatic carbocycles. The molecule has 0 aromatic heterocycles. The van der Waals surface area contributed by atoms with Crippen molar-refractivity contribution in [1.82, 2.24) is 0 Å². The number of ether oxygens (including phenoxy) is 2. The third kappa shape index (κ3) is 6.51. The number of carbonyl (C=O) groups excluding carboxylic acids is 1. The summed E-state index contributed by atoms with van der Waals surface area (Å²) in [6, 6.07) is 3.70. The van der Waals surface area contributed by atoms with Crippen LogP contribution < -0.4 is 25.4 Å². The number of nitrogens with two attached hydrogens (primary N) is 2. The Hall–Kier alpha value is -1.50. The second kappa shape index (κ2) is 9.50. The molecule has 1 aromatic rings. The van der Waals surface area contributed by atoms with Gasteiger partial charge in [0.25, 0.3) is 5.91 Å². The van der Waals surface area contributed by atoms with Crippen LogP contribution in [0.3, 0.4) is 0 Å². The highest BCUT2D eigenvalue weighted by atomic mass is 35.5. The molecule has 0 heterocycles. The van der Waals surface area contributed by atoms with Crippen molar-refractivity contribution >= 4 is 17.5 Å². The van der Waals surface area contributed by atoms with Crippen molar-refractivity contribution < 1.29 is 24.5 Å². The van der Waals surface area contributed by atoms with Crippen LogP contribution in [0.1, 0.15) is 12.0 Å². The minimum atomic E-state index is -0.557. The Balaban J connectivity index is 2.62. The van der Waals surface area contributed by atoms with Crippen LogP contribution in [0.4, 0.5) is 0 Å². The summed E-state index contributed by atoms with van der Waals surface area (Å²) in [5.41, 5.74) is 6.12. The van der Waals surface area contributed by atoms with Gasteiger partial charge < -0.3 is 25.4 Å². The number of hydrogen-bond acceptors (Lipinski definition) is 3. The van der Waals surface area contributed by atoms with Crippen LogP contribution in [0.25, 0.3) is 0 Å². The monoisotopic (exact) mass is 331 g/mol. The molecule has 7 heteroatoms. The van der Waals surface area contributed by atoms with Gasteiger partial charge in [0.1, 0.15) is 6.54 Å². The van der Waals surface area contributed by atoms with Crippen LogP contribution in [0.2, 0.25) is 5.02 Å². The van der Waals surface area contributed by atoms with E-state index < -0.39 is 5.91 Å². The zero-order valence-corrected chi connectivity index (χ0v) is 14.2. The summed E-state index contributed by atoms with van der Waals surface area (Å²) < 4.78 is 10.6. The molecule has 0 atom stereocenters. The van der Waals surface area contributed by atoms with Gasteiger partial charge in [-0.25, -0.2) is 0 Å². The van der Waals surface area contributed by atoms with Crippen molar-refractivity contribution in [2.75, 3.05) is 40.9 Å². The lowest BCUT2D eigenvalue weighted by Crippen LogP contribution is -3.06. The smallest absolute Gasteiger partial charge is 0.255 e. The average Bonchev–Trinajstić information content (AvgIpc) is 2.44. The van der Waals surface area contributed by atoms with Gasteiger partial charge in [0.05, 0.1) is 39.3 Å². The van der Waals surface area contributed by atoms with Gasteiger partial charge in [0, 0.05) is 12.0 Å². The lowest BCUT2D eigenvalue weighted by molar-refractivity contribution is -0.860. The van der Waals surface area contributed by atoms with Gasteiger partial charge in [-0.1, -0.05) is 11.6 Å². The molecular weight excluding hydrogens is 306 g/mol. The minimum absolute atomic E-state index is 0.228. The second-order valence-corrected chi connectivity index (χ2v) is 5.86. The van der Waals surface area contributed by atoms with Crippen LogP contribution in [0.15, 0.2) is 12.1 Å². The Kier molecular flexibility index (Phi) is 8.01. The number of methoxy groups -OCH3 is 1. The second-order valence-electron chi connectivity index (χ2n) is 5.46. The van der Waals surface area contributed by atoms with E-state index in [9.17, 15) is 4.79 Å². The van der Waals surface area contributed by atoms with E-state index in [-0.39, 0.29) is 6.61 Å². The van der Waals surface area contributed by atoms with E-state index in [1.54, 1.807) is 0 Å². The van der Waals surface area contributed by atoms with Gasteiger partial charge in [0.2, 0.25) is 0 Å². The highest BCUT2D eigenvalue weighted by molar-refractivity contribution is 6.32. The van der Waals surface area contributed by atoms with Crippen molar-refractivity contribution in [2.45, 2.75) is 13.0 Å². The molecule has 0 fully saturated rings. The predicted molar refractivity (Wildman–Crippen MR) is 85.5 cm³/mol. The molecule has 0 bridgehead atoms. The number of hydrogen-bond donors (Lipinski definition) is 3. The summed E-state index contributed by atoms with van der Waals surface area (Å²) in [4.78, 5) is 12.3. The molecule has 0 unspecified atom stereocenters. The summed E-state index contributed by atoms with van der Waals surface area (Å²) in [5.74, 6) is 0.302. The van der Waals surface area contributed by atoms with Crippen molar-refractivity contribution in [2.24, 2.45) is 5.73 Å². The van der Waals surface area contributed by atoms with Crippen molar-refractivity contribution in [3.63, 3.8) is 0 Å². The standard InChI is InChI=1S/C15H24ClN3O3/c1-19(2)6-4-5-18-9-11-7-12(16)15(13(8-11)21-3)22-10-14(17)20/h7-8,18H,4-6,9-10H2,1-3H3,(H2,17,20)/p+2. The van der Waals surface area contributed by atoms with Gasteiger partial charge in [-0.05, 0) is 12.1 Å². The average molecular weight is 332 g/mol. The Labute approximate surface area is 136 Å². The number of carbonyl (C=O) groups is 1. The topological polar surface area (TPSA) is 82.6 Å². The highest BCUT2D eigenvalue weighted by Crippen LogP contribution is 2.36. The van der Waals surface area contributed by atoms with Crippen molar-refractivity contribution in [1.29, 1.82) is 0 Å². The molecule has 0 saturated carbocycles. The zero-order chi connectivity index (χ0) is 16.5. The summed E-state index contributed by atoms with van der Waals surface area (Å²) in [6.45, 7) is 2.80. The van der Waals surface area contributed by atoms with E-state index in [0.29, 0.717) is 16.5 Å². The van der Waals surface area contributed by atoms with E-state index >= 15 is 0 Å². The first-order chi connectivity index (χ1) is 10.4. The highest BCUT2D eigenvalue weighted by Gasteiger charge is 2.13. The quantitative estimate of drug-likeness (QED) is 0.472. The van der Waals surface area contributed by atoms with E-state index in [2.05, 4.69) is 19.4 Å². The van der Waals surface area contributed by atoms with E-state index in [0.717, 1.165) is 31.6 Å². The molecule has 0 aliphatic rings. The fraction of sp³-hybridized carbons (Fsp3) is 0.533. The molecule has 0 spiro atoms. The summed E-state index contributed by atoms with van der Waals surface area (Å²) in [6.07, 6.45) is 1.16. The molecule has 5 N–H and O–H groups in total. The number of amides is 1. The molecule has 0 radical (unpaired) electrons. The van der Waals surface area contributed by atoms with Crippen molar-refractivity contribution in [3.05, 3.63) is 22.7 Å². The van der Waals surface area contributed by atoms with Gasteiger partial charge in [0.15, 0.2) is 18.1 Å². The molecule has 0 saturated heterocycles. The number of rotatable bonds is 10. The molecule has 6 nitrogen and oxygen atoms in total. The van der Waals surface area contributed by atoms with Crippen LogP contribution >= 0.6 is 11.6 Å². The predicted octanol–water partition coefficient (Wildman–Crippen LogP) is -1.19. The maximum Gasteiger partial charge on any atom is 0.255 e. The van der Waals surface area contributed by atoms with Crippen LogP contribution in [-0.2, 0) is 11.3 Å². The van der Waals surface area contributed by atoms with Crippen LogP contribution in [0.5, 0.6) is 11.5 Å². The Bertz CT molecular complexity index is 495. The van der Waals surface area contributed by atoms with Crippen LogP contribution in [-0.4, -0.2) is 46.8 Å². The summed E-state index contributed by atoms with van der Waals surface area (Å²) >= 11 is 6.20. The number of halogens is 1. The largest absolute Gasteiger partial charge is 0.493 e. The molecule has 22 heavy (non-hydrogen) atoms. The van der Waals surface area contributed by atoms with Gasteiger partial charge in [-0.15, -0.1) is 0 Å². The molecule has 124 valence electrons. The third-order valence-corrected chi connectivity index (χ3v) is 3.39. The Morgan fingerprint density at radius 2 is 2.14 bits per heavy atom. The lowest BCUT2D eigenvalue weighted by Gasteiger charge is -2.13. The fourth-order valence-corrected chi connectivity index (χ4v) is 2.33. The van der Waals surface area contributed by atoms with Gasteiger partial charge in [-0.2, -0.15) is 0 Å². The fourth-order valence-electron chi connectivity index (χ4n) is 2.04. The lowest BCUT2D eigenvalue weighted by atomic mass is 10.2. The number of benzene rings is 1. The van der Waals surface area contributed by atoms with Gasteiger partial charge >= 0.3 is 0 Å². The molecule has 1 amide bonds. The van der Waals surface area contributed by atoms with E-state index in [1.165, 1.54) is 12.0 Å².